The summed E-state index contributed by atoms with van der Waals surface area (Å²) in [6.07, 6.45) is 4.83. The van der Waals surface area contributed by atoms with Gasteiger partial charge in [0.2, 0.25) is 0 Å². The summed E-state index contributed by atoms with van der Waals surface area (Å²) in [5.74, 6) is -0.411. The van der Waals surface area contributed by atoms with E-state index >= 15 is 4.39 Å². The smallest absolute Gasteiger partial charge is 0.161 e. The fourth-order valence-electron chi connectivity index (χ4n) is 4.34. The number of imidazole rings is 1. The number of rotatable bonds is 5. The van der Waals surface area contributed by atoms with Crippen molar-refractivity contribution in [1.82, 2.24) is 30.1 Å². The summed E-state index contributed by atoms with van der Waals surface area (Å²) >= 11 is 0. The van der Waals surface area contributed by atoms with Crippen LogP contribution in [-0.4, -0.2) is 36.2 Å². The van der Waals surface area contributed by atoms with Crippen molar-refractivity contribution in [2.45, 2.75) is 19.9 Å². The zero-order valence-corrected chi connectivity index (χ0v) is 19.5. The number of aromatic amines is 2. The molecule has 0 fully saturated rings. The fourth-order valence-corrected chi connectivity index (χ4v) is 4.34. The second kappa shape index (κ2) is 8.53. The third kappa shape index (κ3) is 3.74. The topological polar surface area (TPSA) is 95.2 Å². The van der Waals surface area contributed by atoms with Crippen molar-refractivity contribution in [2.75, 3.05) is 5.32 Å². The van der Waals surface area contributed by atoms with Crippen LogP contribution in [0.5, 0.6) is 0 Å². The molecule has 6 rings (SSSR count). The van der Waals surface area contributed by atoms with E-state index < -0.39 is 5.82 Å². The van der Waals surface area contributed by atoms with Gasteiger partial charge in [0.25, 0.3) is 0 Å². The zero-order valence-electron chi connectivity index (χ0n) is 19.5. The van der Waals surface area contributed by atoms with Crippen molar-refractivity contribution < 1.29 is 8.78 Å². The summed E-state index contributed by atoms with van der Waals surface area (Å²) in [6, 6.07) is 13.9. The SMILES string of the molecule is CC(C)Nc1cncc(-c2ncc3[nH]nc(-c4nc5c(-c6ccc(F)cc6)cccc5[nH]4)c3c2F)c1. The number of H-pyrrole nitrogens is 2. The highest BCUT2D eigenvalue weighted by molar-refractivity contribution is 5.98. The summed E-state index contributed by atoms with van der Waals surface area (Å²) < 4.78 is 29.4. The lowest BCUT2D eigenvalue weighted by Gasteiger charge is -2.11. The number of para-hydroxylation sites is 1. The van der Waals surface area contributed by atoms with Gasteiger partial charge in [0, 0.05) is 29.6 Å². The number of fused-ring (bicyclic) bond motifs is 2. The number of aromatic nitrogens is 6. The lowest BCUT2D eigenvalue weighted by molar-refractivity contribution is 0.628. The van der Waals surface area contributed by atoms with Crippen LogP contribution in [0.4, 0.5) is 14.5 Å². The number of hydrogen-bond acceptors (Lipinski definition) is 5. The minimum Gasteiger partial charge on any atom is -0.382 e. The highest BCUT2D eigenvalue weighted by Crippen LogP contribution is 2.34. The molecule has 6 aromatic rings. The molecule has 178 valence electrons. The van der Waals surface area contributed by atoms with Crippen LogP contribution in [0.2, 0.25) is 0 Å². The average molecular weight is 482 g/mol. The van der Waals surface area contributed by atoms with Gasteiger partial charge in [-0.1, -0.05) is 24.3 Å². The van der Waals surface area contributed by atoms with Gasteiger partial charge in [-0.25, -0.2) is 13.8 Å². The molecular weight excluding hydrogens is 460 g/mol. The van der Waals surface area contributed by atoms with Gasteiger partial charge in [0.1, 0.15) is 17.2 Å². The first-order valence-electron chi connectivity index (χ1n) is 11.5. The van der Waals surface area contributed by atoms with Gasteiger partial charge < -0.3 is 10.3 Å². The van der Waals surface area contributed by atoms with E-state index in [1.54, 1.807) is 30.7 Å². The van der Waals surface area contributed by atoms with Crippen molar-refractivity contribution in [1.29, 1.82) is 0 Å². The van der Waals surface area contributed by atoms with Crippen LogP contribution in [0.1, 0.15) is 13.8 Å². The number of nitrogens with zero attached hydrogens (tertiary/aromatic N) is 4. The minimum atomic E-state index is -0.515. The minimum absolute atomic E-state index is 0.174. The first kappa shape index (κ1) is 21.8. The summed E-state index contributed by atoms with van der Waals surface area (Å²) in [4.78, 5) is 16.6. The van der Waals surface area contributed by atoms with Crippen molar-refractivity contribution in [3.63, 3.8) is 0 Å². The monoisotopic (exact) mass is 481 g/mol. The fraction of sp³-hybridized carbons (Fsp3) is 0.111. The third-order valence-corrected chi connectivity index (χ3v) is 5.90. The average Bonchev–Trinajstić information content (AvgIpc) is 3.49. The number of benzene rings is 2. The molecule has 0 aliphatic carbocycles. The van der Waals surface area contributed by atoms with Crippen LogP contribution in [0.25, 0.3) is 55.8 Å². The van der Waals surface area contributed by atoms with Crippen molar-refractivity contribution in [3.05, 3.63) is 78.8 Å². The van der Waals surface area contributed by atoms with E-state index in [1.807, 2.05) is 38.1 Å². The molecule has 9 heteroatoms. The molecule has 0 spiro atoms. The molecule has 4 aromatic heterocycles. The Bertz CT molecular complexity index is 1720. The Labute approximate surface area is 204 Å². The largest absolute Gasteiger partial charge is 0.382 e. The molecule has 0 aliphatic heterocycles. The van der Waals surface area contributed by atoms with Gasteiger partial charge in [0.05, 0.1) is 33.8 Å². The Morgan fingerprint density at radius 3 is 2.53 bits per heavy atom. The normalized spacial score (nSPS) is 11.6. The van der Waals surface area contributed by atoms with Crippen molar-refractivity contribution >= 4 is 27.6 Å². The molecule has 4 heterocycles. The van der Waals surface area contributed by atoms with Crippen LogP contribution in [0.3, 0.4) is 0 Å². The molecule has 2 aromatic carbocycles. The molecular formula is C27H21F2N7. The Balaban J connectivity index is 1.48. The van der Waals surface area contributed by atoms with Crippen LogP contribution >= 0.6 is 0 Å². The van der Waals surface area contributed by atoms with E-state index in [-0.39, 0.29) is 22.9 Å². The number of pyridine rings is 2. The summed E-state index contributed by atoms with van der Waals surface area (Å²) in [6.45, 7) is 4.04. The number of nitrogens with one attached hydrogen (secondary N) is 3. The molecule has 3 N–H and O–H groups in total. The lowest BCUT2D eigenvalue weighted by atomic mass is 10.0. The molecule has 7 nitrogen and oxygen atoms in total. The van der Waals surface area contributed by atoms with E-state index in [0.717, 1.165) is 22.3 Å². The van der Waals surface area contributed by atoms with Gasteiger partial charge >= 0.3 is 0 Å². The Morgan fingerprint density at radius 2 is 1.72 bits per heavy atom. The maximum atomic E-state index is 15.9. The molecule has 0 amide bonds. The summed E-state index contributed by atoms with van der Waals surface area (Å²) in [5.41, 5.74) is 5.40. The van der Waals surface area contributed by atoms with Crippen LogP contribution in [0, 0.1) is 11.6 Å². The Kier molecular flexibility index (Phi) is 5.18. The molecule has 0 bridgehead atoms. The number of halogens is 2. The van der Waals surface area contributed by atoms with E-state index in [2.05, 4.69) is 30.5 Å². The third-order valence-electron chi connectivity index (χ3n) is 5.90. The number of anilines is 1. The van der Waals surface area contributed by atoms with Crippen molar-refractivity contribution in [2.24, 2.45) is 0 Å². The molecule has 0 unspecified atom stereocenters. The van der Waals surface area contributed by atoms with E-state index in [0.29, 0.717) is 28.1 Å². The predicted octanol–water partition coefficient (Wildman–Crippen LogP) is 6.33. The second-order valence-corrected chi connectivity index (χ2v) is 8.84. The van der Waals surface area contributed by atoms with E-state index in [9.17, 15) is 4.39 Å². The zero-order chi connectivity index (χ0) is 24.8. The Morgan fingerprint density at radius 1 is 0.889 bits per heavy atom. The number of hydrogen-bond donors (Lipinski definition) is 3. The van der Waals surface area contributed by atoms with Crippen LogP contribution in [-0.2, 0) is 0 Å². The predicted molar refractivity (Wildman–Crippen MR) is 136 cm³/mol. The van der Waals surface area contributed by atoms with Gasteiger partial charge in [0.15, 0.2) is 11.6 Å². The quantitative estimate of drug-likeness (QED) is 0.268. The van der Waals surface area contributed by atoms with Gasteiger partial charge in [-0.2, -0.15) is 5.10 Å². The second-order valence-electron chi connectivity index (χ2n) is 8.84. The van der Waals surface area contributed by atoms with Gasteiger partial charge in [-0.15, -0.1) is 0 Å². The Hall–Kier alpha value is -4.66. The molecule has 0 saturated heterocycles. The maximum absolute atomic E-state index is 15.9. The van der Waals surface area contributed by atoms with E-state index in [4.69, 9.17) is 4.98 Å². The highest BCUT2D eigenvalue weighted by atomic mass is 19.1. The van der Waals surface area contributed by atoms with E-state index in [1.165, 1.54) is 12.1 Å². The molecule has 36 heavy (non-hydrogen) atoms. The molecule has 0 aliphatic rings. The standard InChI is InChI=1S/C27H21F2N7/c1-14(2)32-18-10-16(11-30-12-18)24-23(29)22-21(13-31-24)35-36-26(22)27-33-20-5-3-4-19(25(20)34-27)15-6-8-17(28)9-7-15/h3-14,32H,1-2H3,(H,33,34)(H,35,36). The maximum Gasteiger partial charge on any atom is 0.161 e. The highest BCUT2D eigenvalue weighted by Gasteiger charge is 2.21. The van der Waals surface area contributed by atoms with Crippen LogP contribution < -0.4 is 5.32 Å². The van der Waals surface area contributed by atoms with Crippen LogP contribution in [0.15, 0.2) is 67.1 Å². The summed E-state index contributed by atoms with van der Waals surface area (Å²) in [5, 5.41) is 10.8. The molecule has 0 saturated carbocycles. The first-order chi connectivity index (χ1) is 17.5. The van der Waals surface area contributed by atoms with Crippen molar-refractivity contribution in [3.8, 4) is 33.9 Å². The van der Waals surface area contributed by atoms with Gasteiger partial charge in [-0.3, -0.25) is 15.1 Å². The van der Waals surface area contributed by atoms with Gasteiger partial charge in [-0.05, 0) is 43.7 Å². The molecule has 0 atom stereocenters. The molecule has 0 radical (unpaired) electrons. The summed E-state index contributed by atoms with van der Waals surface area (Å²) in [7, 11) is 0. The first-order valence-corrected chi connectivity index (χ1v) is 11.5. The lowest BCUT2D eigenvalue weighted by Crippen LogP contribution is -2.09.